The van der Waals surface area contributed by atoms with E-state index < -0.39 is 0 Å². The number of halogens is 1. The molecule has 3 nitrogen and oxygen atoms in total. The minimum absolute atomic E-state index is 0.758. The van der Waals surface area contributed by atoms with Gasteiger partial charge in [0.05, 0.1) is 12.7 Å². The summed E-state index contributed by atoms with van der Waals surface area (Å²) in [5, 5.41) is 8.28. The van der Waals surface area contributed by atoms with Crippen molar-refractivity contribution in [3.8, 4) is 11.1 Å². The van der Waals surface area contributed by atoms with Crippen LogP contribution in [0, 0.1) is 6.92 Å². The van der Waals surface area contributed by atoms with Gasteiger partial charge in [0.2, 0.25) is 0 Å². The summed E-state index contributed by atoms with van der Waals surface area (Å²) in [6.45, 7) is 3.89. The molecule has 0 unspecified atom stereocenters. The Morgan fingerprint density at radius 2 is 2.00 bits per heavy atom. The van der Waals surface area contributed by atoms with Gasteiger partial charge in [-0.2, -0.15) is 5.10 Å². The zero-order valence-electron chi connectivity index (χ0n) is 10.1. The largest absolute Gasteiger partial charge is 0.318 e. The van der Waals surface area contributed by atoms with Crippen LogP contribution in [0.25, 0.3) is 11.1 Å². The summed E-state index contributed by atoms with van der Waals surface area (Å²) in [6.07, 6.45) is 1.91. The lowest BCUT2D eigenvalue weighted by Crippen LogP contribution is -2.16. The Labute approximate surface area is 106 Å². The third kappa shape index (κ3) is 2.68. The van der Waals surface area contributed by atoms with Gasteiger partial charge in [0.1, 0.15) is 0 Å². The molecule has 1 aromatic heterocycles. The van der Waals surface area contributed by atoms with Crippen molar-refractivity contribution in [2.24, 2.45) is 0 Å². The molecule has 0 amide bonds. The van der Waals surface area contributed by atoms with Crippen molar-refractivity contribution < 1.29 is 0 Å². The summed E-state index contributed by atoms with van der Waals surface area (Å²) < 4.78 is 2.01. The Kier molecular flexibility index (Phi) is 3.82. The predicted octanol–water partition coefficient (Wildman–Crippen LogP) is 2.73. The molecule has 2 rings (SSSR count). The van der Waals surface area contributed by atoms with Gasteiger partial charge in [-0.15, -0.1) is 0 Å². The molecule has 0 saturated heterocycles. The first-order chi connectivity index (χ1) is 8.22. The van der Waals surface area contributed by atoms with E-state index in [2.05, 4.69) is 17.3 Å². The Balaban J connectivity index is 2.27. The summed E-state index contributed by atoms with van der Waals surface area (Å²) in [5.41, 5.74) is 3.50. The molecule has 1 N–H and O–H groups in total. The summed E-state index contributed by atoms with van der Waals surface area (Å²) in [5.74, 6) is 0. The molecule has 1 heterocycles. The quantitative estimate of drug-likeness (QED) is 0.903. The van der Waals surface area contributed by atoms with Gasteiger partial charge in [-0.25, -0.2) is 0 Å². The molecule has 0 saturated carbocycles. The summed E-state index contributed by atoms with van der Waals surface area (Å²) in [4.78, 5) is 0. The second-order valence-electron chi connectivity index (χ2n) is 3.98. The van der Waals surface area contributed by atoms with Gasteiger partial charge in [0, 0.05) is 22.8 Å². The lowest BCUT2D eigenvalue weighted by molar-refractivity contribution is 0.572. The number of hydrogen-bond acceptors (Lipinski definition) is 2. The minimum Gasteiger partial charge on any atom is -0.318 e. The first-order valence-corrected chi connectivity index (χ1v) is 6.03. The molecule has 0 spiro atoms. The first-order valence-electron chi connectivity index (χ1n) is 5.65. The molecule has 0 fully saturated rings. The van der Waals surface area contributed by atoms with E-state index in [1.807, 2.05) is 42.2 Å². The van der Waals surface area contributed by atoms with Crippen LogP contribution in [0.2, 0.25) is 5.02 Å². The third-order valence-electron chi connectivity index (χ3n) is 2.83. The van der Waals surface area contributed by atoms with Gasteiger partial charge in [-0.05, 0) is 31.7 Å². The average Bonchev–Trinajstić information content (AvgIpc) is 2.69. The number of aromatic nitrogens is 2. The Morgan fingerprint density at radius 1 is 1.29 bits per heavy atom. The average molecular weight is 250 g/mol. The van der Waals surface area contributed by atoms with Gasteiger partial charge in [-0.3, -0.25) is 4.68 Å². The van der Waals surface area contributed by atoms with Gasteiger partial charge >= 0.3 is 0 Å². The fourth-order valence-electron chi connectivity index (χ4n) is 1.80. The fourth-order valence-corrected chi connectivity index (χ4v) is 1.93. The van der Waals surface area contributed by atoms with Crippen molar-refractivity contribution in [2.45, 2.75) is 13.5 Å². The molecule has 17 heavy (non-hydrogen) atoms. The summed E-state index contributed by atoms with van der Waals surface area (Å²) >= 11 is 5.88. The van der Waals surface area contributed by atoms with Crippen molar-refractivity contribution in [3.63, 3.8) is 0 Å². The van der Waals surface area contributed by atoms with Crippen LogP contribution in [0.3, 0.4) is 0 Å². The highest BCUT2D eigenvalue weighted by atomic mass is 35.5. The van der Waals surface area contributed by atoms with Crippen LogP contribution in [0.4, 0.5) is 0 Å². The summed E-state index contributed by atoms with van der Waals surface area (Å²) in [7, 11) is 1.94. The van der Waals surface area contributed by atoms with Crippen molar-refractivity contribution in [2.75, 3.05) is 13.6 Å². The van der Waals surface area contributed by atoms with Crippen LogP contribution in [0.15, 0.2) is 30.5 Å². The zero-order chi connectivity index (χ0) is 12.3. The second kappa shape index (κ2) is 5.34. The molecule has 0 radical (unpaired) electrons. The van der Waals surface area contributed by atoms with Crippen LogP contribution >= 0.6 is 11.6 Å². The smallest absolute Gasteiger partial charge is 0.0571 e. The van der Waals surface area contributed by atoms with Gasteiger partial charge in [-0.1, -0.05) is 23.7 Å². The molecule has 0 aliphatic carbocycles. The normalized spacial score (nSPS) is 10.8. The maximum Gasteiger partial charge on any atom is 0.0571 e. The molecular weight excluding hydrogens is 234 g/mol. The number of nitrogens with one attached hydrogen (secondary N) is 1. The molecule has 0 aliphatic heterocycles. The van der Waals surface area contributed by atoms with Crippen molar-refractivity contribution in [3.05, 3.63) is 41.2 Å². The number of likely N-dealkylation sites (N-methyl/N-ethyl adjacent to an activating group) is 1. The van der Waals surface area contributed by atoms with E-state index >= 15 is 0 Å². The minimum atomic E-state index is 0.758. The molecule has 90 valence electrons. The van der Waals surface area contributed by atoms with Crippen molar-refractivity contribution in [1.82, 2.24) is 15.1 Å². The van der Waals surface area contributed by atoms with E-state index in [0.717, 1.165) is 29.2 Å². The molecule has 0 aliphatic rings. The predicted molar refractivity (Wildman–Crippen MR) is 71.3 cm³/mol. The first kappa shape index (κ1) is 12.1. The molecule has 1 aromatic carbocycles. The zero-order valence-corrected chi connectivity index (χ0v) is 10.8. The Morgan fingerprint density at radius 3 is 2.65 bits per heavy atom. The second-order valence-corrected chi connectivity index (χ2v) is 4.41. The topological polar surface area (TPSA) is 29.9 Å². The van der Waals surface area contributed by atoms with E-state index in [4.69, 9.17) is 11.6 Å². The lowest BCUT2D eigenvalue weighted by atomic mass is 10.1. The van der Waals surface area contributed by atoms with E-state index in [9.17, 15) is 0 Å². The van der Waals surface area contributed by atoms with Crippen LogP contribution in [0.5, 0.6) is 0 Å². The Bertz CT molecular complexity index is 488. The molecular formula is C13H16ClN3. The summed E-state index contributed by atoms with van der Waals surface area (Å²) in [6, 6.07) is 7.85. The van der Waals surface area contributed by atoms with E-state index in [1.54, 1.807) is 0 Å². The highest BCUT2D eigenvalue weighted by molar-refractivity contribution is 6.30. The monoisotopic (exact) mass is 249 g/mol. The van der Waals surface area contributed by atoms with Gasteiger partial charge < -0.3 is 5.32 Å². The van der Waals surface area contributed by atoms with Crippen molar-refractivity contribution in [1.29, 1.82) is 0 Å². The Hall–Kier alpha value is -1.32. The molecule has 0 bridgehead atoms. The maximum absolute atomic E-state index is 5.88. The SMILES string of the molecule is CNCCn1ncc(-c2ccc(Cl)cc2)c1C. The van der Waals surface area contributed by atoms with Crippen molar-refractivity contribution >= 4 is 11.6 Å². The van der Waals surface area contributed by atoms with Crippen LogP contribution in [-0.2, 0) is 6.54 Å². The van der Waals surface area contributed by atoms with E-state index in [-0.39, 0.29) is 0 Å². The third-order valence-corrected chi connectivity index (χ3v) is 3.08. The highest BCUT2D eigenvalue weighted by Crippen LogP contribution is 2.24. The number of rotatable bonds is 4. The van der Waals surface area contributed by atoms with Gasteiger partial charge in [0.25, 0.3) is 0 Å². The highest BCUT2D eigenvalue weighted by Gasteiger charge is 2.07. The van der Waals surface area contributed by atoms with Crippen LogP contribution < -0.4 is 5.32 Å². The molecule has 0 atom stereocenters. The number of nitrogens with zero attached hydrogens (tertiary/aromatic N) is 2. The van der Waals surface area contributed by atoms with Crippen LogP contribution in [-0.4, -0.2) is 23.4 Å². The number of benzene rings is 1. The lowest BCUT2D eigenvalue weighted by Gasteiger charge is -2.05. The standard InChI is InChI=1S/C13H16ClN3/c1-10-13(9-16-17(10)8-7-15-2)11-3-5-12(14)6-4-11/h3-6,9,15H,7-8H2,1-2H3. The van der Waals surface area contributed by atoms with Crippen LogP contribution in [0.1, 0.15) is 5.69 Å². The number of hydrogen-bond donors (Lipinski definition) is 1. The van der Waals surface area contributed by atoms with E-state index in [0.29, 0.717) is 0 Å². The van der Waals surface area contributed by atoms with Gasteiger partial charge in [0.15, 0.2) is 0 Å². The maximum atomic E-state index is 5.88. The fraction of sp³-hybridized carbons (Fsp3) is 0.308. The van der Waals surface area contributed by atoms with E-state index in [1.165, 1.54) is 5.69 Å². The molecule has 2 aromatic rings. The molecule has 4 heteroatoms.